The van der Waals surface area contributed by atoms with Crippen molar-refractivity contribution in [2.45, 2.75) is 11.8 Å². The molecule has 0 amide bonds. The van der Waals surface area contributed by atoms with Gasteiger partial charge in [-0.05, 0) is 36.8 Å². The predicted octanol–water partition coefficient (Wildman–Crippen LogP) is 3.13. The number of sulfonamides is 1. The van der Waals surface area contributed by atoms with Crippen LogP contribution in [-0.4, -0.2) is 26.5 Å². The molecule has 3 aromatic rings. The van der Waals surface area contributed by atoms with Crippen LogP contribution < -0.4 is 4.72 Å². The molecule has 25 heavy (non-hydrogen) atoms. The predicted molar refractivity (Wildman–Crippen MR) is 95.1 cm³/mol. The van der Waals surface area contributed by atoms with Crippen molar-refractivity contribution < 1.29 is 17.9 Å². The fourth-order valence-corrected chi connectivity index (χ4v) is 3.78. The average Bonchev–Trinajstić information content (AvgIpc) is 2.60. The third kappa shape index (κ3) is 3.32. The molecule has 3 rings (SSSR count). The van der Waals surface area contributed by atoms with E-state index in [9.17, 15) is 13.2 Å². The molecule has 0 aliphatic heterocycles. The number of aryl methyl sites for hydroxylation is 1. The summed E-state index contributed by atoms with van der Waals surface area (Å²) in [6.07, 6.45) is 1.61. The number of anilines is 1. The van der Waals surface area contributed by atoms with Crippen molar-refractivity contribution in [2.24, 2.45) is 0 Å². The molecule has 0 saturated heterocycles. The van der Waals surface area contributed by atoms with Gasteiger partial charge in [0.05, 0.1) is 23.9 Å². The number of esters is 1. The van der Waals surface area contributed by atoms with Crippen molar-refractivity contribution in [3.63, 3.8) is 0 Å². The number of aromatic nitrogens is 1. The maximum Gasteiger partial charge on any atom is 0.339 e. The Morgan fingerprint density at radius 2 is 1.88 bits per heavy atom. The second-order valence-corrected chi connectivity index (χ2v) is 7.13. The summed E-state index contributed by atoms with van der Waals surface area (Å²) in [5.74, 6) is -0.620. The van der Waals surface area contributed by atoms with Gasteiger partial charge in [0.1, 0.15) is 4.90 Å². The zero-order valence-electron chi connectivity index (χ0n) is 13.7. The molecule has 0 unspecified atom stereocenters. The van der Waals surface area contributed by atoms with Crippen molar-refractivity contribution >= 4 is 32.6 Å². The van der Waals surface area contributed by atoms with Gasteiger partial charge in [-0.2, -0.15) is 0 Å². The van der Waals surface area contributed by atoms with Crippen molar-refractivity contribution in [3.05, 3.63) is 65.9 Å². The van der Waals surface area contributed by atoms with Gasteiger partial charge in [-0.25, -0.2) is 13.2 Å². The summed E-state index contributed by atoms with van der Waals surface area (Å²) < 4.78 is 32.9. The molecule has 128 valence electrons. The Morgan fingerprint density at radius 3 is 2.64 bits per heavy atom. The molecule has 7 heteroatoms. The van der Waals surface area contributed by atoms with Crippen LogP contribution >= 0.6 is 0 Å². The van der Waals surface area contributed by atoms with Gasteiger partial charge in [0.15, 0.2) is 0 Å². The number of carbonyl (C=O) groups is 1. The van der Waals surface area contributed by atoms with E-state index in [2.05, 4.69) is 9.71 Å². The smallest absolute Gasteiger partial charge is 0.339 e. The van der Waals surface area contributed by atoms with Crippen LogP contribution in [0.4, 0.5) is 5.69 Å². The minimum Gasteiger partial charge on any atom is -0.465 e. The Kier molecular flexibility index (Phi) is 4.41. The van der Waals surface area contributed by atoms with Crippen LogP contribution in [0.2, 0.25) is 0 Å². The molecule has 0 aliphatic carbocycles. The van der Waals surface area contributed by atoms with Gasteiger partial charge in [0.25, 0.3) is 10.0 Å². The molecule has 1 aromatic heterocycles. The molecule has 1 heterocycles. The lowest BCUT2D eigenvalue weighted by molar-refractivity contribution is 0.0602. The Hall–Kier alpha value is -2.93. The normalized spacial score (nSPS) is 11.3. The minimum atomic E-state index is -3.94. The molecule has 0 saturated carbocycles. The van der Waals surface area contributed by atoms with Gasteiger partial charge in [-0.1, -0.05) is 24.3 Å². The highest BCUT2D eigenvalue weighted by molar-refractivity contribution is 7.93. The number of benzene rings is 2. The number of carbonyl (C=O) groups excluding carboxylic acids is 1. The number of pyridine rings is 1. The molecule has 0 bridgehead atoms. The summed E-state index contributed by atoms with van der Waals surface area (Å²) in [5.41, 5.74) is 1.60. The number of methoxy groups -OCH3 is 1. The van der Waals surface area contributed by atoms with Crippen LogP contribution in [0, 0.1) is 6.92 Å². The van der Waals surface area contributed by atoms with E-state index < -0.39 is 16.0 Å². The first-order chi connectivity index (χ1) is 11.9. The number of fused-ring (bicyclic) bond motifs is 1. The fraction of sp³-hybridized carbons (Fsp3) is 0.111. The Labute approximate surface area is 145 Å². The molecule has 0 radical (unpaired) electrons. The van der Waals surface area contributed by atoms with Crippen LogP contribution in [0.3, 0.4) is 0 Å². The quantitative estimate of drug-likeness (QED) is 0.726. The Bertz CT molecular complexity index is 1060. The minimum absolute atomic E-state index is 0.0460. The SMILES string of the molecule is COC(=O)c1ccccc1NS(=O)(=O)c1cccc2cc(C)cnc12. The Balaban J connectivity index is 2.09. The summed E-state index contributed by atoms with van der Waals surface area (Å²) in [7, 11) is -2.70. The van der Waals surface area contributed by atoms with Gasteiger partial charge in [-0.15, -0.1) is 0 Å². The number of rotatable bonds is 4. The van der Waals surface area contributed by atoms with E-state index >= 15 is 0 Å². The topological polar surface area (TPSA) is 85.4 Å². The highest BCUT2D eigenvalue weighted by atomic mass is 32.2. The number of nitrogens with one attached hydrogen (secondary N) is 1. The number of hydrogen-bond donors (Lipinski definition) is 1. The number of para-hydroxylation sites is 2. The second kappa shape index (κ2) is 6.52. The molecular weight excluding hydrogens is 340 g/mol. The summed E-state index contributed by atoms with van der Waals surface area (Å²) in [5, 5.41) is 0.726. The largest absolute Gasteiger partial charge is 0.465 e. The molecule has 0 atom stereocenters. The molecular formula is C18H16N2O4S. The first-order valence-corrected chi connectivity index (χ1v) is 8.96. The summed E-state index contributed by atoms with van der Waals surface area (Å²) in [4.78, 5) is 16.1. The highest BCUT2D eigenvalue weighted by Gasteiger charge is 2.21. The van der Waals surface area contributed by atoms with Crippen molar-refractivity contribution in [3.8, 4) is 0 Å². The Morgan fingerprint density at radius 1 is 1.12 bits per heavy atom. The van der Waals surface area contributed by atoms with Crippen LogP contribution in [0.1, 0.15) is 15.9 Å². The van der Waals surface area contributed by atoms with Crippen molar-refractivity contribution in [2.75, 3.05) is 11.8 Å². The lowest BCUT2D eigenvalue weighted by atomic mass is 10.2. The average molecular weight is 356 g/mol. The summed E-state index contributed by atoms with van der Waals surface area (Å²) in [6, 6.07) is 13.1. The third-order valence-electron chi connectivity index (χ3n) is 3.68. The number of hydrogen-bond acceptors (Lipinski definition) is 5. The monoisotopic (exact) mass is 356 g/mol. The molecule has 0 fully saturated rings. The molecule has 6 nitrogen and oxygen atoms in total. The summed E-state index contributed by atoms with van der Waals surface area (Å²) >= 11 is 0. The maximum absolute atomic E-state index is 12.9. The fourth-order valence-electron chi connectivity index (χ4n) is 2.52. The van der Waals surface area contributed by atoms with Gasteiger partial charge >= 0.3 is 5.97 Å². The lowest BCUT2D eigenvalue weighted by Crippen LogP contribution is -2.16. The van der Waals surface area contributed by atoms with Gasteiger partial charge < -0.3 is 4.74 Å². The first kappa shape index (κ1) is 16.9. The van der Waals surface area contributed by atoms with E-state index in [1.807, 2.05) is 13.0 Å². The van der Waals surface area contributed by atoms with Crippen LogP contribution in [-0.2, 0) is 14.8 Å². The standard InChI is InChI=1S/C18H16N2O4S/c1-12-10-13-6-5-9-16(17(13)19-11-12)25(22,23)20-15-8-4-3-7-14(15)18(21)24-2/h3-11,20H,1-2H3. The number of ether oxygens (including phenoxy) is 1. The summed E-state index contributed by atoms with van der Waals surface area (Å²) in [6.45, 7) is 1.89. The van der Waals surface area contributed by atoms with Gasteiger partial charge in [-0.3, -0.25) is 9.71 Å². The second-order valence-electron chi connectivity index (χ2n) is 5.48. The van der Waals surface area contributed by atoms with Gasteiger partial charge in [0.2, 0.25) is 0 Å². The van der Waals surface area contributed by atoms with E-state index in [1.54, 1.807) is 30.5 Å². The van der Waals surface area contributed by atoms with E-state index in [-0.39, 0.29) is 16.1 Å². The molecule has 0 aliphatic rings. The number of nitrogens with zero attached hydrogens (tertiary/aromatic N) is 1. The van der Waals surface area contributed by atoms with Crippen LogP contribution in [0.5, 0.6) is 0 Å². The lowest BCUT2D eigenvalue weighted by Gasteiger charge is -2.12. The highest BCUT2D eigenvalue weighted by Crippen LogP contribution is 2.25. The zero-order chi connectivity index (χ0) is 18.0. The van der Waals surface area contributed by atoms with Crippen molar-refractivity contribution in [1.82, 2.24) is 4.98 Å². The maximum atomic E-state index is 12.9. The first-order valence-electron chi connectivity index (χ1n) is 7.48. The third-order valence-corrected chi connectivity index (χ3v) is 5.07. The van der Waals surface area contributed by atoms with E-state index in [4.69, 9.17) is 4.74 Å². The van der Waals surface area contributed by atoms with E-state index in [1.165, 1.54) is 25.3 Å². The van der Waals surface area contributed by atoms with Crippen molar-refractivity contribution in [1.29, 1.82) is 0 Å². The zero-order valence-corrected chi connectivity index (χ0v) is 14.5. The van der Waals surface area contributed by atoms with Crippen LogP contribution in [0.15, 0.2) is 59.6 Å². The molecule has 1 N–H and O–H groups in total. The molecule has 0 spiro atoms. The van der Waals surface area contributed by atoms with E-state index in [0.717, 1.165) is 10.9 Å². The van der Waals surface area contributed by atoms with Gasteiger partial charge in [0, 0.05) is 11.6 Å². The van der Waals surface area contributed by atoms with E-state index in [0.29, 0.717) is 5.52 Å². The van der Waals surface area contributed by atoms with Crippen LogP contribution in [0.25, 0.3) is 10.9 Å². The molecule has 2 aromatic carbocycles.